The van der Waals surface area contributed by atoms with Crippen LogP contribution >= 0.6 is 11.3 Å². The van der Waals surface area contributed by atoms with Crippen LogP contribution in [-0.4, -0.2) is 0 Å². The van der Waals surface area contributed by atoms with Gasteiger partial charge in [0.2, 0.25) is 0 Å². The molecule has 0 saturated heterocycles. The Kier molecular flexibility index (Phi) is 6.60. The van der Waals surface area contributed by atoms with Crippen LogP contribution in [0.3, 0.4) is 0 Å². The summed E-state index contributed by atoms with van der Waals surface area (Å²) in [7, 11) is 0. The molecule has 0 radical (unpaired) electrons. The Hall–Kier alpha value is -6.80. The maximum Gasteiger partial charge on any atom is 0.0361 e. The van der Waals surface area contributed by atoms with E-state index in [2.05, 4.69) is 194 Å². The van der Waals surface area contributed by atoms with Crippen LogP contribution in [0.4, 0.5) is 0 Å². The van der Waals surface area contributed by atoms with Crippen molar-refractivity contribution in [3.05, 3.63) is 194 Å². The Bertz CT molecular complexity index is 3280. The fourth-order valence-electron chi connectivity index (χ4n) is 9.36. The van der Waals surface area contributed by atoms with Crippen molar-refractivity contribution in [1.29, 1.82) is 0 Å². The Labute approximate surface area is 323 Å². The molecule has 0 fully saturated rings. The molecule has 254 valence electrons. The molecule has 55 heavy (non-hydrogen) atoms. The summed E-state index contributed by atoms with van der Waals surface area (Å²) in [5.41, 5.74) is 15.4. The normalized spacial score (nSPS) is 12.0. The number of fused-ring (bicyclic) bond motifs is 9. The second-order valence-corrected chi connectivity index (χ2v) is 15.8. The number of benzene rings is 10. The summed E-state index contributed by atoms with van der Waals surface area (Å²) >= 11 is 1.89. The van der Waals surface area contributed by atoms with E-state index in [0.717, 1.165) is 0 Å². The second-order valence-electron chi connectivity index (χ2n) is 14.7. The van der Waals surface area contributed by atoms with E-state index in [9.17, 15) is 0 Å². The molecule has 0 N–H and O–H groups in total. The van der Waals surface area contributed by atoms with Gasteiger partial charge >= 0.3 is 0 Å². The predicted octanol–water partition coefficient (Wildman–Crippen LogP) is 15.8. The monoisotopic (exact) mass is 712 g/mol. The molecule has 11 aromatic rings. The summed E-state index contributed by atoms with van der Waals surface area (Å²) < 4.78 is 2.64. The summed E-state index contributed by atoms with van der Waals surface area (Å²) in [6, 6.07) is 72.2. The zero-order chi connectivity index (χ0) is 36.0. The van der Waals surface area contributed by atoms with Crippen molar-refractivity contribution >= 4 is 63.8 Å². The van der Waals surface area contributed by atoms with Gasteiger partial charge < -0.3 is 0 Å². The second kappa shape index (κ2) is 11.9. The lowest BCUT2D eigenvalue weighted by Crippen LogP contribution is -1.88. The third kappa shape index (κ3) is 4.57. The highest BCUT2D eigenvalue weighted by atomic mass is 32.1. The zero-order valence-corrected chi connectivity index (χ0v) is 30.7. The fourth-order valence-corrected chi connectivity index (χ4v) is 10.5. The average molecular weight is 713 g/mol. The summed E-state index contributed by atoms with van der Waals surface area (Å²) in [4.78, 5) is 0. The average Bonchev–Trinajstić information content (AvgIpc) is 3.79. The molecule has 0 bridgehead atoms. The highest BCUT2D eigenvalue weighted by Crippen LogP contribution is 2.53. The van der Waals surface area contributed by atoms with Gasteiger partial charge in [-0.1, -0.05) is 158 Å². The number of rotatable bonds is 4. The van der Waals surface area contributed by atoms with E-state index in [4.69, 9.17) is 0 Å². The molecule has 1 aromatic heterocycles. The van der Waals surface area contributed by atoms with Gasteiger partial charge in [0.25, 0.3) is 0 Å². The fraction of sp³-hybridized carbons (Fsp3) is 0. The molecule has 0 aliphatic heterocycles. The van der Waals surface area contributed by atoms with Crippen molar-refractivity contribution in [2.75, 3.05) is 0 Å². The Morgan fingerprint density at radius 2 is 0.818 bits per heavy atom. The van der Waals surface area contributed by atoms with Crippen molar-refractivity contribution in [3.8, 4) is 66.8 Å². The number of hydrogen-bond acceptors (Lipinski definition) is 1. The minimum absolute atomic E-state index is 1.24. The quantitative estimate of drug-likeness (QED) is 0.159. The maximum absolute atomic E-state index is 2.44. The van der Waals surface area contributed by atoms with Crippen LogP contribution in [0.2, 0.25) is 0 Å². The standard InChI is InChI=1S/C54H32S/c1-3-13-33(14-4-1)46-31-48-43-22-11-21-41-40(26-27-44(53(41)43)49(48)32-47(46)34-15-5-2-6-16-34)42-23-12-24-52-54(42)50-30-36(25-28-51(50)55-52)45-29-35-17-7-8-18-37(35)38-19-9-10-20-39(38)45/h1-32H. The Morgan fingerprint density at radius 3 is 1.56 bits per heavy atom. The smallest absolute Gasteiger partial charge is 0.0361 e. The van der Waals surface area contributed by atoms with Crippen LogP contribution in [0.25, 0.3) is 119 Å². The molecule has 0 nitrogen and oxygen atoms in total. The first-order valence-corrected chi connectivity index (χ1v) is 19.8. The SMILES string of the molecule is c1ccc(-c2cc3c(cc2-c2ccccc2)-c2ccc(-c4cccc5sc6ccc(-c7cc8ccccc8c8ccccc78)cc6c45)c4cccc-3c24)cc1. The van der Waals surface area contributed by atoms with Crippen LogP contribution in [0.1, 0.15) is 0 Å². The molecule has 0 atom stereocenters. The van der Waals surface area contributed by atoms with Crippen molar-refractivity contribution in [3.63, 3.8) is 0 Å². The molecular formula is C54H32S. The first-order chi connectivity index (χ1) is 27.3. The topological polar surface area (TPSA) is 0 Å². The lowest BCUT2D eigenvalue weighted by Gasteiger charge is -2.14. The molecule has 1 heterocycles. The molecule has 0 spiro atoms. The zero-order valence-electron chi connectivity index (χ0n) is 29.9. The highest BCUT2D eigenvalue weighted by molar-refractivity contribution is 7.26. The molecule has 1 heteroatoms. The minimum Gasteiger partial charge on any atom is -0.135 e. The predicted molar refractivity (Wildman–Crippen MR) is 238 cm³/mol. The molecule has 0 amide bonds. The molecule has 12 rings (SSSR count). The first kappa shape index (κ1) is 30.6. The molecule has 0 unspecified atom stereocenters. The van der Waals surface area contributed by atoms with Crippen molar-refractivity contribution in [1.82, 2.24) is 0 Å². The highest BCUT2D eigenvalue weighted by Gasteiger charge is 2.26. The van der Waals surface area contributed by atoms with Crippen LogP contribution in [0, 0.1) is 0 Å². The summed E-state index contributed by atoms with van der Waals surface area (Å²) in [5.74, 6) is 0. The molecular weight excluding hydrogens is 681 g/mol. The summed E-state index contributed by atoms with van der Waals surface area (Å²) in [6.45, 7) is 0. The third-order valence-corrected chi connectivity index (χ3v) is 12.9. The summed E-state index contributed by atoms with van der Waals surface area (Å²) in [6.07, 6.45) is 0. The van der Waals surface area contributed by atoms with Crippen molar-refractivity contribution < 1.29 is 0 Å². The van der Waals surface area contributed by atoms with Crippen LogP contribution in [0.5, 0.6) is 0 Å². The van der Waals surface area contributed by atoms with Gasteiger partial charge in [0, 0.05) is 20.2 Å². The van der Waals surface area contributed by atoms with E-state index in [-0.39, 0.29) is 0 Å². The first-order valence-electron chi connectivity index (χ1n) is 19.0. The van der Waals surface area contributed by atoms with Gasteiger partial charge in [-0.15, -0.1) is 11.3 Å². The van der Waals surface area contributed by atoms with E-state index in [1.54, 1.807) is 0 Å². The Morgan fingerprint density at radius 1 is 0.236 bits per heavy atom. The van der Waals surface area contributed by atoms with E-state index < -0.39 is 0 Å². The molecule has 1 aliphatic carbocycles. The van der Waals surface area contributed by atoms with Gasteiger partial charge in [-0.25, -0.2) is 0 Å². The van der Waals surface area contributed by atoms with Gasteiger partial charge in [0.05, 0.1) is 0 Å². The maximum atomic E-state index is 2.44. The van der Waals surface area contributed by atoms with E-state index in [1.807, 2.05) is 11.3 Å². The van der Waals surface area contributed by atoms with Crippen molar-refractivity contribution in [2.45, 2.75) is 0 Å². The summed E-state index contributed by atoms with van der Waals surface area (Å²) in [5, 5.41) is 10.5. The van der Waals surface area contributed by atoms with Gasteiger partial charge in [-0.3, -0.25) is 0 Å². The minimum atomic E-state index is 1.24. The van der Waals surface area contributed by atoms with Crippen LogP contribution < -0.4 is 0 Å². The molecule has 1 aliphatic rings. The van der Waals surface area contributed by atoms with E-state index in [0.29, 0.717) is 0 Å². The van der Waals surface area contributed by atoms with Crippen LogP contribution in [-0.2, 0) is 0 Å². The molecule has 0 saturated carbocycles. The largest absolute Gasteiger partial charge is 0.135 e. The van der Waals surface area contributed by atoms with Gasteiger partial charge in [0.1, 0.15) is 0 Å². The lowest BCUT2D eigenvalue weighted by molar-refractivity contribution is 1.58. The third-order valence-electron chi connectivity index (χ3n) is 11.8. The Balaban J connectivity index is 1.07. The van der Waals surface area contributed by atoms with Gasteiger partial charge in [-0.2, -0.15) is 0 Å². The van der Waals surface area contributed by atoms with E-state index >= 15 is 0 Å². The molecule has 10 aromatic carbocycles. The van der Waals surface area contributed by atoms with Gasteiger partial charge in [-0.05, 0) is 135 Å². The van der Waals surface area contributed by atoms with Crippen LogP contribution in [0.15, 0.2) is 194 Å². The van der Waals surface area contributed by atoms with Gasteiger partial charge in [0.15, 0.2) is 0 Å². The van der Waals surface area contributed by atoms with E-state index in [1.165, 1.54) is 119 Å². The number of thiophene rings is 1. The number of hydrogen-bond donors (Lipinski definition) is 0. The lowest BCUT2D eigenvalue weighted by atomic mass is 9.89. The van der Waals surface area contributed by atoms with Crippen molar-refractivity contribution in [2.24, 2.45) is 0 Å².